The summed E-state index contributed by atoms with van der Waals surface area (Å²) in [4.78, 5) is 12.3. The van der Waals surface area contributed by atoms with Gasteiger partial charge in [-0.05, 0) is 36.8 Å². The second kappa shape index (κ2) is 8.04. The molecule has 2 rings (SSSR count). The van der Waals surface area contributed by atoms with E-state index in [1.54, 1.807) is 37.4 Å². The fourth-order valence-electron chi connectivity index (χ4n) is 1.98. The quantitative estimate of drug-likeness (QED) is 0.634. The molecule has 24 heavy (non-hydrogen) atoms. The van der Waals surface area contributed by atoms with Crippen molar-refractivity contribution in [3.8, 4) is 11.8 Å². The normalized spacial score (nSPS) is 10.7. The first-order chi connectivity index (χ1) is 11.5. The van der Waals surface area contributed by atoms with Crippen LogP contribution in [0.3, 0.4) is 0 Å². The van der Waals surface area contributed by atoms with Crippen molar-refractivity contribution in [1.82, 2.24) is 0 Å². The molecule has 1 amide bonds. The second-order valence-corrected chi connectivity index (χ2v) is 5.36. The first kappa shape index (κ1) is 17.4. The molecular formula is C18H16ClN3O2. The lowest BCUT2D eigenvalue weighted by Gasteiger charge is -2.10. The third-order valence-electron chi connectivity index (χ3n) is 3.29. The fraction of sp³-hybridized carbons (Fsp3) is 0.111. The van der Waals surface area contributed by atoms with Crippen LogP contribution in [0.4, 0.5) is 11.4 Å². The van der Waals surface area contributed by atoms with Gasteiger partial charge in [0.05, 0.1) is 12.8 Å². The van der Waals surface area contributed by atoms with Gasteiger partial charge in [0.25, 0.3) is 5.91 Å². The van der Waals surface area contributed by atoms with Crippen LogP contribution in [-0.2, 0) is 4.79 Å². The molecule has 0 aromatic heterocycles. The largest absolute Gasteiger partial charge is 0.495 e. The highest BCUT2D eigenvalue weighted by Crippen LogP contribution is 2.24. The maximum atomic E-state index is 12.3. The molecule has 0 atom stereocenters. The molecule has 2 aromatic rings. The highest BCUT2D eigenvalue weighted by atomic mass is 35.5. The predicted octanol–water partition coefficient (Wildman–Crippen LogP) is 4.12. The standard InChI is InChI=1S/C18H16ClN3O2/c1-12-7-8-14(19)9-16(12)22-18(23)13(10-20)11-21-15-5-3-4-6-17(15)24-2/h3-9,11,21H,1-2H3,(H,22,23)/b13-11-. The van der Waals surface area contributed by atoms with E-state index < -0.39 is 5.91 Å². The van der Waals surface area contributed by atoms with Gasteiger partial charge in [-0.1, -0.05) is 29.8 Å². The van der Waals surface area contributed by atoms with Gasteiger partial charge in [0.15, 0.2) is 0 Å². The van der Waals surface area contributed by atoms with Gasteiger partial charge in [0.1, 0.15) is 17.4 Å². The van der Waals surface area contributed by atoms with Gasteiger partial charge < -0.3 is 15.4 Å². The van der Waals surface area contributed by atoms with Crippen LogP contribution in [0.25, 0.3) is 0 Å². The van der Waals surface area contributed by atoms with E-state index in [0.29, 0.717) is 22.1 Å². The van der Waals surface area contributed by atoms with Crippen molar-refractivity contribution in [3.63, 3.8) is 0 Å². The van der Waals surface area contributed by atoms with Crippen molar-refractivity contribution in [2.45, 2.75) is 6.92 Å². The molecule has 5 nitrogen and oxygen atoms in total. The summed E-state index contributed by atoms with van der Waals surface area (Å²) in [5.74, 6) is 0.0856. The smallest absolute Gasteiger partial charge is 0.267 e. The zero-order valence-corrected chi connectivity index (χ0v) is 14.0. The van der Waals surface area contributed by atoms with Gasteiger partial charge in [-0.3, -0.25) is 4.79 Å². The molecule has 0 aliphatic heterocycles. The van der Waals surface area contributed by atoms with Crippen LogP contribution in [0, 0.1) is 18.3 Å². The molecule has 0 spiro atoms. The average Bonchev–Trinajstić information content (AvgIpc) is 2.59. The number of amides is 1. The topological polar surface area (TPSA) is 74.1 Å². The summed E-state index contributed by atoms with van der Waals surface area (Å²) in [6, 6.07) is 14.2. The van der Waals surface area contributed by atoms with E-state index in [4.69, 9.17) is 16.3 Å². The second-order valence-electron chi connectivity index (χ2n) is 4.93. The van der Waals surface area contributed by atoms with Gasteiger partial charge in [0.2, 0.25) is 0 Å². The van der Waals surface area contributed by atoms with Crippen LogP contribution >= 0.6 is 11.6 Å². The van der Waals surface area contributed by atoms with E-state index >= 15 is 0 Å². The maximum Gasteiger partial charge on any atom is 0.267 e. The number of nitrogens with one attached hydrogen (secondary N) is 2. The van der Waals surface area contributed by atoms with Crippen LogP contribution in [0.5, 0.6) is 5.75 Å². The van der Waals surface area contributed by atoms with E-state index in [-0.39, 0.29) is 5.57 Å². The van der Waals surface area contributed by atoms with Gasteiger partial charge in [-0.2, -0.15) is 5.26 Å². The van der Waals surface area contributed by atoms with Crippen molar-refractivity contribution in [2.75, 3.05) is 17.7 Å². The third-order valence-corrected chi connectivity index (χ3v) is 3.53. The Morgan fingerprint density at radius 2 is 2.00 bits per heavy atom. The number of methoxy groups -OCH3 is 1. The maximum absolute atomic E-state index is 12.3. The summed E-state index contributed by atoms with van der Waals surface area (Å²) in [5, 5.41) is 15.3. The molecule has 6 heteroatoms. The number of anilines is 2. The van der Waals surface area contributed by atoms with Gasteiger partial charge in [-0.25, -0.2) is 0 Å². The highest BCUT2D eigenvalue weighted by molar-refractivity contribution is 6.31. The van der Waals surface area contributed by atoms with E-state index in [9.17, 15) is 10.1 Å². The number of para-hydroxylation sites is 2. The molecule has 0 fully saturated rings. The Balaban J connectivity index is 2.17. The minimum absolute atomic E-state index is 0.0692. The molecule has 2 N–H and O–H groups in total. The van der Waals surface area contributed by atoms with Crippen molar-refractivity contribution in [1.29, 1.82) is 5.26 Å². The molecule has 0 saturated heterocycles. The minimum Gasteiger partial charge on any atom is -0.495 e. The zero-order chi connectivity index (χ0) is 17.5. The highest BCUT2D eigenvalue weighted by Gasteiger charge is 2.11. The van der Waals surface area contributed by atoms with Crippen LogP contribution in [0.15, 0.2) is 54.2 Å². The summed E-state index contributed by atoms with van der Waals surface area (Å²) >= 11 is 5.93. The lowest BCUT2D eigenvalue weighted by Crippen LogP contribution is -2.15. The third kappa shape index (κ3) is 4.28. The van der Waals surface area contributed by atoms with Crippen molar-refractivity contribution < 1.29 is 9.53 Å². The lowest BCUT2D eigenvalue weighted by molar-refractivity contribution is -0.112. The Bertz CT molecular complexity index is 825. The number of halogens is 1. The molecule has 0 aliphatic rings. The summed E-state index contributed by atoms with van der Waals surface area (Å²) in [7, 11) is 1.55. The average molecular weight is 342 g/mol. The molecule has 0 heterocycles. The monoisotopic (exact) mass is 341 g/mol. The number of nitriles is 1. The molecule has 122 valence electrons. The van der Waals surface area contributed by atoms with E-state index in [2.05, 4.69) is 10.6 Å². The van der Waals surface area contributed by atoms with Crippen molar-refractivity contribution >= 4 is 28.9 Å². The van der Waals surface area contributed by atoms with Crippen LogP contribution in [0.2, 0.25) is 5.02 Å². The number of hydrogen-bond acceptors (Lipinski definition) is 4. The predicted molar refractivity (Wildman–Crippen MR) is 95.1 cm³/mol. The number of nitrogens with zero attached hydrogens (tertiary/aromatic N) is 1. The zero-order valence-electron chi connectivity index (χ0n) is 13.3. The molecule has 2 aromatic carbocycles. The number of rotatable bonds is 5. The fourth-order valence-corrected chi connectivity index (χ4v) is 2.15. The SMILES string of the molecule is COc1ccccc1N/C=C(/C#N)C(=O)Nc1cc(Cl)ccc1C. The van der Waals surface area contributed by atoms with Gasteiger partial charge in [-0.15, -0.1) is 0 Å². The number of hydrogen-bond donors (Lipinski definition) is 2. The Hall–Kier alpha value is -2.97. The van der Waals surface area contributed by atoms with Gasteiger partial charge >= 0.3 is 0 Å². The number of carbonyl (C=O) groups excluding carboxylic acids is 1. The number of carbonyl (C=O) groups is 1. The summed E-state index contributed by atoms with van der Waals surface area (Å²) in [6.45, 7) is 1.84. The minimum atomic E-state index is -0.523. The first-order valence-corrected chi connectivity index (χ1v) is 7.50. The summed E-state index contributed by atoms with van der Waals surface area (Å²) < 4.78 is 5.21. The lowest BCUT2D eigenvalue weighted by atomic mass is 10.2. The van der Waals surface area contributed by atoms with Crippen LogP contribution < -0.4 is 15.4 Å². The molecule has 0 saturated carbocycles. The van der Waals surface area contributed by atoms with Crippen molar-refractivity contribution in [2.24, 2.45) is 0 Å². The summed E-state index contributed by atoms with van der Waals surface area (Å²) in [5.41, 5.74) is 1.99. The number of aryl methyl sites for hydroxylation is 1. The van der Waals surface area contributed by atoms with Gasteiger partial charge in [0, 0.05) is 16.9 Å². The Morgan fingerprint density at radius 1 is 1.25 bits per heavy atom. The first-order valence-electron chi connectivity index (χ1n) is 7.12. The Labute approximate surface area is 145 Å². The Kier molecular flexibility index (Phi) is 5.83. The molecule has 0 radical (unpaired) electrons. The summed E-state index contributed by atoms with van der Waals surface area (Å²) in [6.07, 6.45) is 1.34. The molecule has 0 aliphatic carbocycles. The van der Waals surface area contributed by atoms with Crippen molar-refractivity contribution in [3.05, 3.63) is 64.8 Å². The van der Waals surface area contributed by atoms with Crippen LogP contribution in [-0.4, -0.2) is 13.0 Å². The number of ether oxygens (including phenoxy) is 1. The molecular weight excluding hydrogens is 326 g/mol. The van der Waals surface area contributed by atoms with E-state index in [1.165, 1.54) is 6.20 Å². The molecule has 0 bridgehead atoms. The Morgan fingerprint density at radius 3 is 2.71 bits per heavy atom. The van der Waals surface area contributed by atoms with E-state index in [0.717, 1.165) is 5.56 Å². The molecule has 0 unspecified atom stereocenters. The number of benzene rings is 2. The van der Waals surface area contributed by atoms with E-state index in [1.807, 2.05) is 25.1 Å². The van der Waals surface area contributed by atoms with Crippen LogP contribution in [0.1, 0.15) is 5.56 Å².